The molecule has 13 nitrogen and oxygen atoms in total. The minimum Gasteiger partial charge on any atom is -0.870 e. The number of aromatic carboxylic acids is 1. The SMILES string of the molecule is CCOC(=O)c1cnc(NCCCC2CCN(C)CC2)nc1C.Cc1nc(NCCCC2CC[NH+](C)CC2)ncc1C(=O)[O-].[Na+].[OH-]. The standard InChI is InChI=1S/C17H28N4O2.C15H24N4O2.Na.H2O/c1-4-23-16(22)15-12-19-17(20-13(15)2)18-9-5-6-14-7-10-21(3)11-8-14;1-11-13(14(20)21)10-17-15(18-11)16-7-3-4-12-5-8-19(2)9-6-12;;/h12,14H,4-11H2,1-3H3,(H,18,19,20);10,12H,3-9H2,1-2H3,(H,20,21)(H,16,17,18);;1H2/q;;+1;/p-1. The Labute approximate surface area is 296 Å². The van der Waals surface area contributed by atoms with Gasteiger partial charge in [-0.1, -0.05) is 0 Å². The number of ether oxygens (including phenoxy) is 1. The van der Waals surface area contributed by atoms with Crippen molar-refractivity contribution in [2.75, 3.05) is 70.6 Å². The first-order valence-electron chi connectivity index (χ1n) is 16.2. The number of likely N-dealkylation sites (tertiary alicyclic amines) is 2. The first kappa shape index (κ1) is 41.6. The number of carboxylic acids is 1. The van der Waals surface area contributed by atoms with Gasteiger partial charge in [-0.3, -0.25) is 0 Å². The van der Waals surface area contributed by atoms with Crippen LogP contribution in [0.2, 0.25) is 0 Å². The molecule has 0 atom stereocenters. The zero-order valence-corrected chi connectivity index (χ0v) is 30.7. The second kappa shape index (κ2) is 22.2. The van der Waals surface area contributed by atoms with Crippen LogP contribution >= 0.6 is 0 Å². The molecule has 14 heteroatoms. The van der Waals surface area contributed by atoms with E-state index in [1.165, 1.54) is 70.9 Å². The van der Waals surface area contributed by atoms with E-state index in [0.29, 0.717) is 35.5 Å². The van der Waals surface area contributed by atoms with Crippen LogP contribution in [-0.4, -0.2) is 102 Å². The minimum atomic E-state index is -1.23. The number of anilines is 2. The van der Waals surface area contributed by atoms with Gasteiger partial charge in [-0.05, 0) is 104 Å². The van der Waals surface area contributed by atoms with Gasteiger partial charge in [-0.25, -0.2) is 24.7 Å². The molecule has 252 valence electrons. The maximum absolute atomic E-state index is 11.7. The molecule has 0 radical (unpaired) electrons. The number of hydrogen-bond donors (Lipinski definition) is 3. The molecule has 2 aromatic heterocycles. The Morgan fingerprint density at radius 3 is 1.85 bits per heavy atom. The number of nitrogens with zero attached hydrogens (tertiary/aromatic N) is 5. The Kier molecular flexibility index (Phi) is 20.1. The van der Waals surface area contributed by atoms with E-state index in [2.05, 4.69) is 49.6 Å². The second-order valence-electron chi connectivity index (χ2n) is 12.2. The van der Waals surface area contributed by atoms with E-state index in [0.717, 1.165) is 37.8 Å². The maximum Gasteiger partial charge on any atom is 1.00 e. The van der Waals surface area contributed by atoms with Gasteiger partial charge in [0.1, 0.15) is 0 Å². The first-order chi connectivity index (χ1) is 21.2. The third-order valence-corrected chi connectivity index (χ3v) is 8.62. The second-order valence-corrected chi connectivity index (χ2v) is 12.2. The van der Waals surface area contributed by atoms with Gasteiger partial charge in [-0.15, -0.1) is 0 Å². The Morgan fingerprint density at radius 1 is 0.913 bits per heavy atom. The third kappa shape index (κ3) is 14.6. The molecule has 2 fully saturated rings. The van der Waals surface area contributed by atoms with Gasteiger partial charge < -0.3 is 40.5 Å². The Hall–Kier alpha value is -2.42. The van der Waals surface area contributed by atoms with Crippen molar-refractivity contribution in [3.05, 3.63) is 34.9 Å². The number of nitrogens with one attached hydrogen (secondary N) is 3. The van der Waals surface area contributed by atoms with E-state index >= 15 is 0 Å². The maximum atomic E-state index is 11.7. The van der Waals surface area contributed by atoms with Crippen molar-refractivity contribution in [1.82, 2.24) is 24.8 Å². The number of carbonyl (C=O) groups is 2. The fourth-order valence-electron chi connectivity index (χ4n) is 5.71. The number of piperidine rings is 2. The van der Waals surface area contributed by atoms with Crippen LogP contribution < -0.4 is 50.2 Å². The number of hydrogen-bond acceptors (Lipinski definition) is 12. The summed E-state index contributed by atoms with van der Waals surface area (Å²) < 4.78 is 4.98. The summed E-state index contributed by atoms with van der Waals surface area (Å²) in [6.45, 7) is 12.3. The quantitative estimate of drug-likeness (QED) is 0.131. The van der Waals surface area contributed by atoms with Gasteiger partial charge in [0.15, 0.2) is 0 Å². The molecule has 2 aromatic rings. The number of carbonyl (C=O) groups excluding carboxylic acids is 2. The van der Waals surface area contributed by atoms with Crippen molar-refractivity contribution in [3.8, 4) is 0 Å². The van der Waals surface area contributed by atoms with Crippen molar-refractivity contribution < 1.29 is 59.4 Å². The summed E-state index contributed by atoms with van der Waals surface area (Å²) in [7, 11) is 4.45. The summed E-state index contributed by atoms with van der Waals surface area (Å²) in [5.41, 5.74) is 1.57. The van der Waals surface area contributed by atoms with Crippen molar-refractivity contribution in [2.24, 2.45) is 11.8 Å². The topological polar surface area (TPSA) is 180 Å². The molecule has 4 heterocycles. The number of quaternary nitrogens is 1. The molecule has 4 rings (SSSR count). The summed E-state index contributed by atoms with van der Waals surface area (Å²) in [6, 6.07) is 0. The number of esters is 1. The molecule has 0 bridgehead atoms. The van der Waals surface area contributed by atoms with Crippen LogP contribution in [0.4, 0.5) is 11.9 Å². The molecule has 4 N–H and O–H groups in total. The molecule has 2 aliphatic heterocycles. The predicted octanol–water partition coefficient (Wildman–Crippen LogP) is -1.41. The van der Waals surface area contributed by atoms with E-state index < -0.39 is 5.97 Å². The predicted molar refractivity (Wildman–Crippen MR) is 171 cm³/mol. The van der Waals surface area contributed by atoms with E-state index in [1.807, 2.05) is 0 Å². The van der Waals surface area contributed by atoms with Crippen molar-refractivity contribution in [2.45, 2.75) is 72.1 Å². The summed E-state index contributed by atoms with van der Waals surface area (Å²) in [4.78, 5) is 43.2. The molecule has 0 aliphatic carbocycles. The average molecular weight is 653 g/mol. The number of rotatable bonds is 13. The molecule has 0 aromatic carbocycles. The van der Waals surface area contributed by atoms with E-state index in [-0.39, 0.29) is 46.6 Å². The zero-order chi connectivity index (χ0) is 31.9. The van der Waals surface area contributed by atoms with Crippen LogP contribution in [0.25, 0.3) is 0 Å². The fraction of sp³-hybridized carbons (Fsp3) is 0.688. The normalized spacial score (nSPS) is 18.2. The molecule has 0 saturated carbocycles. The van der Waals surface area contributed by atoms with Gasteiger partial charge in [0.2, 0.25) is 11.9 Å². The van der Waals surface area contributed by atoms with Gasteiger partial charge in [0.25, 0.3) is 0 Å². The van der Waals surface area contributed by atoms with E-state index in [4.69, 9.17) is 4.74 Å². The Bertz CT molecular complexity index is 1190. The van der Waals surface area contributed by atoms with E-state index in [1.54, 1.807) is 31.9 Å². The van der Waals surface area contributed by atoms with Gasteiger partial charge >= 0.3 is 35.5 Å². The summed E-state index contributed by atoms with van der Waals surface area (Å²) in [6.07, 6.45) is 12.8. The summed E-state index contributed by atoms with van der Waals surface area (Å²) in [5, 5.41) is 17.2. The first-order valence-corrected chi connectivity index (χ1v) is 16.2. The average Bonchev–Trinajstić information content (AvgIpc) is 3.00. The molecule has 2 saturated heterocycles. The van der Waals surface area contributed by atoms with Crippen molar-refractivity contribution >= 4 is 23.8 Å². The van der Waals surface area contributed by atoms with Crippen LogP contribution in [0.15, 0.2) is 12.4 Å². The van der Waals surface area contributed by atoms with E-state index in [9.17, 15) is 14.7 Å². The molecule has 0 unspecified atom stereocenters. The Morgan fingerprint density at radius 2 is 1.39 bits per heavy atom. The number of aryl methyl sites for hydroxylation is 2. The van der Waals surface area contributed by atoms with Gasteiger partial charge in [0.05, 0.1) is 49.7 Å². The fourth-order valence-corrected chi connectivity index (χ4v) is 5.71. The largest absolute Gasteiger partial charge is 1.00 e. The molecular formula is C32H53N8NaO5. The van der Waals surface area contributed by atoms with Crippen LogP contribution in [-0.2, 0) is 4.74 Å². The minimum absolute atomic E-state index is 0. The number of carboxylic acid groups (broad SMARTS) is 1. The number of aromatic nitrogens is 4. The summed E-state index contributed by atoms with van der Waals surface area (Å²) >= 11 is 0. The van der Waals surface area contributed by atoms with Crippen molar-refractivity contribution in [3.63, 3.8) is 0 Å². The van der Waals surface area contributed by atoms with Crippen LogP contribution in [0.1, 0.15) is 90.4 Å². The van der Waals surface area contributed by atoms with Crippen molar-refractivity contribution in [1.29, 1.82) is 0 Å². The van der Waals surface area contributed by atoms with Crippen LogP contribution in [0, 0.1) is 25.7 Å². The molecule has 0 spiro atoms. The van der Waals surface area contributed by atoms with Gasteiger partial charge in [0, 0.05) is 31.0 Å². The van der Waals surface area contributed by atoms with Gasteiger partial charge in [-0.2, -0.15) is 0 Å². The molecule has 0 amide bonds. The molecular weight excluding hydrogens is 599 g/mol. The summed E-state index contributed by atoms with van der Waals surface area (Å²) in [5.74, 6) is 1.17. The molecule has 46 heavy (non-hydrogen) atoms. The molecule has 2 aliphatic rings. The zero-order valence-electron chi connectivity index (χ0n) is 28.7. The van der Waals surface area contributed by atoms with Crippen LogP contribution in [0.5, 0.6) is 0 Å². The monoisotopic (exact) mass is 652 g/mol. The third-order valence-electron chi connectivity index (χ3n) is 8.62. The van der Waals surface area contributed by atoms with Crippen LogP contribution in [0.3, 0.4) is 0 Å². The smallest absolute Gasteiger partial charge is 0.870 e. The Balaban J connectivity index is 0.000000442.